The van der Waals surface area contributed by atoms with Crippen LogP contribution in [0, 0.1) is 6.92 Å². The van der Waals surface area contributed by atoms with E-state index in [1.165, 1.54) is 16.4 Å². The van der Waals surface area contributed by atoms with Gasteiger partial charge in [-0.1, -0.05) is 29.3 Å². The number of nitrogens with zero attached hydrogens (tertiary/aromatic N) is 3. The Morgan fingerprint density at radius 1 is 1.07 bits per heavy atom. The lowest BCUT2D eigenvalue weighted by Gasteiger charge is -2.12. The number of rotatable bonds is 4. The Bertz CT molecular complexity index is 1260. The van der Waals surface area contributed by atoms with Crippen molar-refractivity contribution >= 4 is 32.7 Å². The van der Waals surface area contributed by atoms with Crippen LogP contribution in [0.2, 0.25) is 5.02 Å². The van der Waals surface area contributed by atoms with Crippen molar-refractivity contribution in [2.75, 3.05) is 0 Å². The average Bonchev–Trinajstić information content (AvgIpc) is 3.10. The Morgan fingerprint density at radius 2 is 1.82 bits per heavy atom. The van der Waals surface area contributed by atoms with Crippen molar-refractivity contribution in [1.29, 1.82) is 0 Å². The van der Waals surface area contributed by atoms with Crippen molar-refractivity contribution in [2.45, 2.75) is 18.4 Å². The average molecular weight is 414 g/mol. The van der Waals surface area contributed by atoms with Gasteiger partial charge in [0.15, 0.2) is 5.65 Å². The summed E-state index contributed by atoms with van der Waals surface area (Å²) < 4.78 is 28.1. The van der Waals surface area contributed by atoms with Gasteiger partial charge < -0.3 is 5.11 Å². The van der Waals surface area contributed by atoms with Crippen LogP contribution in [0.3, 0.4) is 0 Å². The zero-order valence-electron chi connectivity index (χ0n) is 14.9. The molecule has 0 bridgehead atoms. The highest BCUT2D eigenvalue weighted by molar-refractivity contribution is 7.90. The van der Waals surface area contributed by atoms with E-state index in [1.807, 2.05) is 6.92 Å². The highest BCUT2D eigenvalue weighted by Gasteiger charge is 2.25. The summed E-state index contributed by atoms with van der Waals surface area (Å²) in [5.74, 6) is 0. The first kappa shape index (κ1) is 18.6. The lowest BCUT2D eigenvalue weighted by Crippen LogP contribution is -2.14. The summed E-state index contributed by atoms with van der Waals surface area (Å²) in [6.07, 6.45) is 3.00. The van der Waals surface area contributed by atoms with Crippen LogP contribution in [0.25, 0.3) is 22.3 Å². The van der Waals surface area contributed by atoms with Gasteiger partial charge in [-0.2, -0.15) is 0 Å². The van der Waals surface area contributed by atoms with E-state index >= 15 is 0 Å². The predicted octanol–water partition coefficient (Wildman–Crippen LogP) is 3.79. The maximum atomic E-state index is 13.5. The summed E-state index contributed by atoms with van der Waals surface area (Å²) >= 11 is 6.30. The number of hydrogen-bond donors (Lipinski definition) is 1. The fraction of sp³-hybridized carbons (Fsp3) is 0.100. The quantitative estimate of drug-likeness (QED) is 0.550. The molecule has 0 aliphatic heterocycles. The molecule has 0 spiro atoms. The minimum absolute atomic E-state index is 0.151. The predicted molar refractivity (Wildman–Crippen MR) is 108 cm³/mol. The minimum Gasteiger partial charge on any atom is -0.390 e. The second-order valence-corrected chi connectivity index (χ2v) is 8.53. The van der Waals surface area contributed by atoms with Crippen molar-refractivity contribution in [1.82, 2.24) is 13.9 Å². The maximum Gasteiger partial charge on any atom is 0.269 e. The summed E-state index contributed by atoms with van der Waals surface area (Å²) in [7, 11) is -3.93. The second kappa shape index (κ2) is 7.01. The Balaban J connectivity index is 2.03. The SMILES string of the molecule is Cc1ccc(S(=O)(=O)n2c(-c3ccc(CO)nc3)cc3c(Cl)ccnc32)cc1. The lowest BCUT2D eigenvalue weighted by molar-refractivity contribution is 0.277. The number of aryl methyl sites for hydroxylation is 1. The molecule has 6 nitrogen and oxygen atoms in total. The number of hydrogen-bond acceptors (Lipinski definition) is 5. The van der Waals surface area contributed by atoms with E-state index in [9.17, 15) is 13.5 Å². The van der Waals surface area contributed by atoms with Gasteiger partial charge >= 0.3 is 0 Å². The van der Waals surface area contributed by atoms with E-state index in [0.29, 0.717) is 27.4 Å². The van der Waals surface area contributed by atoms with Crippen LogP contribution in [-0.2, 0) is 16.6 Å². The van der Waals surface area contributed by atoms with Crippen LogP contribution in [0.1, 0.15) is 11.3 Å². The van der Waals surface area contributed by atoms with Gasteiger partial charge in [0.05, 0.1) is 27.9 Å². The largest absolute Gasteiger partial charge is 0.390 e. The molecule has 8 heteroatoms. The first-order valence-corrected chi connectivity index (χ1v) is 10.3. The van der Waals surface area contributed by atoms with Gasteiger partial charge in [-0.15, -0.1) is 0 Å². The van der Waals surface area contributed by atoms with Crippen LogP contribution < -0.4 is 0 Å². The molecule has 1 N–H and O–H groups in total. The monoisotopic (exact) mass is 413 g/mol. The first-order chi connectivity index (χ1) is 13.4. The molecule has 4 aromatic rings. The van der Waals surface area contributed by atoms with Gasteiger partial charge in [-0.25, -0.2) is 17.4 Å². The molecule has 0 aliphatic carbocycles. The van der Waals surface area contributed by atoms with Crippen molar-refractivity contribution in [3.63, 3.8) is 0 Å². The summed E-state index contributed by atoms with van der Waals surface area (Å²) in [5, 5.41) is 10.1. The summed E-state index contributed by atoms with van der Waals surface area (Å²) in [4.78, 5) is 8.58. The van der Waals surface area contributed by atoms with Gasteiger partial charge in [0.1, 0.15) is 0 Å². The van der Waals surface area contributed by atoms with Crippen molar-refractivity contribution in [3.8, 4) is 11.3 Å². The Morgan fingerprint density at radius 3 is 2.46 bits per heavy atom. The molecule has 0 saturated heterocycles. The maximum absolute atomic E-state index is 13.5. The lowest BCUT2D eigenvalue weighted by atomic mass is 10.2. The van der Waals surface area contributed by atoms with Crippen LogP contribution in [0.15, 0.2) is 65.8 Å². The Kier molecular flexibility index (Phi) is 4.66. The Labute approximate surface area is 167 Å². The minimum atomic E-state index is -3.93. The number of fused-ring (bicyclic) bond motifs is 1. The molecule has 3 aromatic heterocycles. The van der Waals surface area contributed by atoms with E-state index in [2.05, 4.69) is 9.97 Å². The molecule has 0 amide bonds. The van der Waals surface area contributed by atoms with Crippen molar-refractivity contribution in [2.24, 2.45) is 0 Å². The molecular weight excluding hydrogens is 398 g/mol. The number of aromatic nitrogens is 3. The fourth-order valence-corrected chi connectivity index (χ4v) is 4.65. The van der Waals surface area contributed by atoms with Crippen LogP contribution >= 0.6 is 11.6 Å². The molecule has 4 rings (SSSR count). The van der Waals surface area contributed by atoms with Gasteiger partial charge in [0.25, 0.3) is 10.0 Å². The number of benzene rings is 1. The summed E-state index contributed by atoms with van der Waals surface area (Å²) in [6, 6.07) is 13.3. The summed E-state index contributed by atoms with van der Waals surface area (Å²) in [5.41, 5.74) is 2.66. The van der Waals surface area contributed by atoms with Gasteiger partial charge in [0.2, 0.25) is 0 Å². The van der Waals surface area contributed by atoms with Crippen molar-refractivity contribution < 1.29 is 13.5 Å². The molecule has 0 fully saturated rings. The van der Waals surface area contributed by atoms with E-state index in [-0.39, 0.29) is 17.1 Å². The summed E-state index contributed by atoms with van der Waals surface area (Å²) in [6.45, 7) is 1.70. The highest BCUT2D eigenvalue weighted by atomic mass is 35.5. The van der Waals surface area contributed by atoms with Gasteiger partial charge in [-0.3, -0.25) is 4.98 Å². The van der Waals surface area contributed by atoms with E-state index < -0.39 is 10.0 Å². The second-order valence-electron chi connectivity index (χ2n) is 6.34. The third-order valence-corrected chi connectivity index (χ3v) is 6.50. The molecule has 1 aromatic carbocycles. The molecule has 3 heterocycles. The zero-order chi connectivity index (χ0) is 19.9. The molecule has 0 radical (unpaired) electrons. The van der Waals surface area contributed by atoms with E-state index in [0.717, 1.165) is 5.56 Å². The van der Waals surface area contributed by atoms with Crippen LogP contribution in [-0.4, -0.2) is 27.5 Å². The third kappa shape index (κ3) is 3.07. The smallest absolute Gasteiger partial charge is 0.269 e. The molecular formula is C20H16ClN3O3S. The normalized spacial score (nSPS) is 11.8. The van der Waals surface area contributed by atoms with E-state index in [4.69, 9.17) is 11.6 Å². The number of pyridine rings is 2. The number of halogens is 1. The molecule has 0 atom stereocenters. The topological polar surface area (TPSA) is 85.1 Å². The fourth-order valence-electron chi connectivity index (χ4n) is 2.97. The molecule has 28 heavy (non-hydrogen) atoms. The molecule has 0 saturated carbocycles. The van der Waals surface area contributed by atoms with E-state index in [1.54, 1.807) is 48.5 Å². The number of aliphatic hydroxyl groups is 1. The van der Waals surface area contributed by atoms with Gasteiger partial charge in [0, 0.05) is 23.3 Å². The molecule has 0 unspecified atom stereocenters. The highest BCUT2D eigenvalue weighted by Crippen LogP contribution is 2.34. The van der Waals surface area contributed by atoms with Crippen molar-refractivity contribution in [3.05, 3.63) is 77.2 Å². The van der Waals surface area contributed by atoms with Crippen LogP contribution in [0.5, 0.6) is 0 Å². The Hall–Kier alpha value is -2.74. The first-order valence-electron chi connectivity index (χ1n) is 8.46. The van der Waals surface area contributed by atoms with Crippen LogP contribution in [0.4, 0.5) is 0 Å². The third-order valence-electron chi connectivity index (χ3n) is 4.45. The molecule has 142 valence electrons. The number of aliphatic hydroxyl groups excluding tert-OH is 1. The van der Waals surface area contributed by atoms with Gasteiger partial charge in [-0.05, 0) is 43.3 Å². The standard InChI is InChI=1S/C20H16ClN3O3S/c1-13-2-6-16(7-3-13)28(26,27)24-19(14-4-5-15(12-25)23-11-14)10-17-18(21)8-9-22-20(17)24/h2-11,25H,12H2,1H3. The zero-order valence-corrected chi connectivity index (χ0v) is 16.4. The molecule has 0 aliphatic rings.